The lowest BCUT2D eigenvalue weighted by Crippen LogP contribution is -2.46. The molecule has 6 heteroatoms. The number of carboxylic acids is 1. The van der Waals surface area contributed by atoms with Crippen LogP contribution in [0.15, 0.2) is 0 Å². The Morgan fingerprint density at radius 3 is 2.63 bits per heavy atom. The summed E-state index contributed by atoms with van der Waals surface area (Å²) in [5, 5.41) is 20.5. The Morgan fingerprint density at radius 2 is 2.00 bits per heavy atom. The minimum absolute atomic E-state index is 0.179. The van der Waals surface area contributed by atoms with Crippen molar-refractivity contribution in [2.24, 2.45) is 5.92 Å². The number of amides is 2. The lowest BCUT2D eigenvalue weighted by Gasteiger charge is -2.23. The van der Waals surface area contributed by atoms with Crippen LogP contribution in [-0.2, 0) is 4.79 Å². The van der Waals surface area contributed by atoms with E-state index in [1.807, 2.05) is 0 Å². The van der Waals surface area contributed by atoms with E-state index in [1.54, 1.807) is 11.9 Å². The molecule has 0 aromatic carbocycles. The SMILES string of the molecule is CN(CCCCCO)C(=O)NC1CCCC1C(=O)O. The van der Waals surface area contributed by atoms with E-state index in [1.165, 1.54) is 0 Å². The molecule has 3 N–H and O–H groups in total. The molecule has 1 aliphatic carbocycles. The summed E-state index contributed by atoms with van der Waals surface area (Å²) in [7, 11) is 1.71. The molecule has 1 aliphatic rings. The van der Waals surface area contributed by atoms with E-state index in [0.717, 1.165) is 32.1 Å². The standard InChI is InChI=1S/C13H24N2O4/c1-15(8-3-2-4-9-16)13(19)14-11-7-5-6-10(11)12(17)18/h10-11,16H,2-9H2,1H3,(H,14,19)(H,17,18). The molecule has 1 rings (SSSR count). The average molecular weight is 272 g/mol. The van der Waals surface area contributed by atoms with Crippen LogP contribution in [0.4, 0.5) is 4.79 Å². The van der Waals surface area contributed by atoms with Crippen LogP contribution in [0.25, 0.3) is 0 Å². The van der Waals surface area contributed by atoms with Gasteiger partial charge in [0.05, 0.1) is 5.92 Å². The summed E-state index contributed by atoms with van der Waals surface area (Å²) in [6, 6.07) is -0.452. The topological polar surface area (TPSA) is 89.9 Å². The van der Waals surface area contributed by atoms with Crippen LogP contribution in [-0.4, -0.2) is 53.4 Å². The minimum atomic E-state index is -0.826. The maximum atomic E-state index is 11.9. The number of hydrogen-bond donors (Lipinski definition) is 3. The Kier molecular flexibility index (Phi) is 6.62. The van der Waals surface area contributed by atoms with Gasteiger partial charge in [-0.15, -0.1) is 0 Å². The van der Waals surface area contributed by atoms with Crippen LogP contribution in [0, 0.1) is 5.92 Å². The summed E-state index contributed by atoms with van der Waals surface area (Å²) in [4.78, 5) is 24.5. The number of urea groups is 1. The second kappa shape index (κ2) is 7.99. The highest BCUT2D eigenvalue weighted by Gasteiger charge is 2.34. The Hall–Kier alpha value is -1.30. The quantitative estimate of drug-likeness (QED) is 0.604. The molecule has 0 spiro atoms. The fraction of sp³-hybridized carbons (Fsp3) is 0.846. The molecule has 0 bridgehead atoms. The Labute approximate surface area is 113 Å². The number of carbonyl (C=O) groups excluding carboxylic acids is 1. The van der Waals surface area contributed by atoms with Crippen molar-refractivity contribution in [1.29, 1.82) is 0 Å². The monoisotopic (exact) mass is 272 g/mol. The smallest absolute Gasteiger partial charge is 0.317 e. The number of aliphatic hydroxyl groups excluding tert-OH is 1. The predicted octanol–water partition coefficient (Wildman–Crippen LogP) is 1.04. The van der Waals surface area contributed by atoms with Gasteiger partial charge in [0.25, 0.3) is 0 Å². The largest absolute Gasteiger partial charge is 0.481 e. The lowest BCUT2D eigenvalue weighted by atomic mass is 10.0. The molecule has 2 amide bonds. The van der Waals surface area contributed by atoms with Crippen molar-refractivity contribution in [3.8, 4) is 0 Å². The molecule has 6 nitrogen and oxygen atoms in total. The molecule has 1 saturated carbocycles. The fourth-order valence-corrected chi connectivity index (χ4v) is 2.44. The number of nitrogens with zero attached hydrogens (tertiary/aromatic N) is 1. The summed E-state index contributed by atoms with van der Waals surface area (Å²) in [5.41, 5.74) is 0. The number of aliphatic carboxylic acids is 1. The Bertz CT molecular complexity index is 309. The van der Waals surface area contributed by atoms with Gasteiger partial charge in [-0.05, 0) is 32.1 Å². The molecule has 0 saturated heterocycles. The molecule has 0 aromatic heterocycles. The van der Waals surface area contributed by atoms with E-state index >= 15 is 0 Å². The van der Waals surface area contributed by atoms with Crippen molar-refractivity contribution >= 4 is 12.0 Å². The van der Waals surface area contributed by atoms with E-state index in [4.69, 9.17) is 10.2 Å². The molecular formula is C13H24N2O4. The predicted molar refractivity (Wildman–Crippen MR) is 70.9 cm³/mol. The van der Waals surface area contributed by atoms with E-state index in [9.17, 15) is 9.59 Å². The third-order valence-electron chi connectivity index (χ3n) is 3.64. The van der Waals surface area contributed by atoms with Gasteiger partial charge in [0.15, 0.2) is 0 Å². The number of carboxylic acid groups (broad SMARTS) is 1. The van der Waals surface area contributed by atoms with Crippen molar-refractivity contribution in [3.05, 3.63) is 0 Å². The minimum Gasteiger partial charge on any atom is -0.481 e. The van der Waals surface area contributed by atoms with Crippen molar-refractivity contribution in [3.63, 3.8) is 0 Å². The first-order valence-corrected chi connectivity index (χ1v) is 6.91. The summed E-state index contributed by atoms with van der Waals surface area (Å²) >= 11 is 0. The molecule has 2 unspecified atom stereocenters. The molecule has 0 heterocycles. The molecule has 0 aliphatic heterocycles. The number of rotatable bonds is 7. The van der Waals surface area contributed by atoms with Crippen LogP contribution in [0.1, 0.15) is 38.5 Å². The Balaban J connectivity index is 2.31. The highest BCUT2D eigenvalue weighted by molar-refractivity contribution is 5.77. The number of nitrogens with one attached hydrogen (secondary N) is 1. The van der Waals surface area contributed by atoms with Gasteiger partial charge < -0.3 is 20.4 Å². The van der Waals surface area contributed by atoms with Gasteiger partial charge in [-0.3, -0.25) is 4.79 Å². The van der Waals surface area contributed by atoms with E-state index in [-0.39, 0.29) is 18.7 Å². The van der Waals surface area contributed by atoms with E-state index in [2.05, 4.69) is 5.32 Å². The van der Waals surface area contributed by atoms with Crippen molar-refractivity contribution in [2.75, 3.05) is 20.2 Å². The second-order valence-corrected chi connectivity index (χ2v) is 5.14. The zero-order valence-corrected chi connectivity index (χ0v) is 11.5. The highest BCUT2D eigenvalue weighted by atomic mass is 16.4. The summed E-state index contributed by atoms with van der Waals surface area (Å²) in [5.74, 6) is -1.28. The number of aliphatic hydroxyl groups is 1. The fourth-order valence-electron chi connectivity index (χ4n) is 2.44. The number of unbranched alkanes of at least 4 members (excludes halogenated alkanes) is 2. The van der Waals surface area contributed by atoms with Crippen molar-refractivity contribution < 1.29 is 19.8 Å². The first kappa shape index (κ1) is 15.8. The number of carbonyl (C=O) groups is 2. The second-order valence-electron chi connectivity index (χ2n) is 5.14. The van der Waals surface area contributed by atoms with Gasteiger partial charge in [0.1, 0.15) is 0 Å². The van der Waals surface area contributed by atoms with Crippen molar-refractivity contribution in [2.45, 2.75) is 44.6 Å². The highest BCUT2D eigenvalue weighted by Crippen LogP contribution is 2.25. The molecule has 1 fully saturated rings. The Morgan fingerprint density at radius 1 is 1.26 bits per heavy atom. The van der Waals surface area contributed by atoms with E-state index in [0.29, 0.717) is 13.0 Å². The van der Waals surface area contributed by atoms with Crippen LogP contribution in [0.3, 0.4) is 0 Å². The molecule has 0 radical (unpaired) electrons. The molecular weight excluding hydrogens is 248 g/mol. The van der Waals surface area contributed by atoms with Crippen LogP contribution in [0.5, 0.6) is 0 Å². The van der Waals surface area contributed by atoms with Gasteiger partial charge >= 0.3 is 12.0 Å². The van der Waals surface area contributed by atoms with Gasteiger partial charge in [0.2, 0.25) is 0 Å². The zero-order chi connectivity index (χ0) is 14.3. The van der Waals surface area contributed by atoms with Crippen LogP contribution >= 0.6 is 0 Å². The van der Waals surface area contributed by atoms with Gasteiger partial charge in [0, 0.05) is 26.2 Å². The van der Waals surface area contributed by atoms with Crippen LogP contribution in [0.2, 0.25) is 0 Å². The molecule has 2 atom stereocenters. The lowest BCUT2D eigenvalue weighted by molar-refractivity contribution is -0.142. The van der Waals surface area contributed by atoms with E-state index < -0.39 is 11.9 Å². The third-order valence-corrected chi connectivity index (χ3v) is 3.64. The first-order chi connectivity index (χ1) is 9.06. The van der Waals surface area contributed by atoms with Gasteiger partial charge in [-0.25, -0.2) is 4.79 Å². The zero-order valence-electron chi connectivity index (χ0n) is 11.5. The average Bonchev–Trinajstić information content (AvgIpc) is 2.82. The summed E-state index contributed by atoms with van der Waals surface area (Å²) < 4.78 is 0. The third kappa shape index (κ3) is 5.06. The maximum Gasteiger partial charge on any atom is 0.317 e. The molecule has 110 valence electrons. The van der Waals surface area contributed by atoms with Gasteiger partial charge in [-0.1, -0.05) is 6.42 Å². The van der Waals surface area contributed by atoms with Crippen molar-refractivity contribution in [1.82, 2.24) is 10.2 Å². The summed E-state index contributed by atoms with van der Waals surface area (Å²) in [6.07, 6.45) is 4.70. The molecule has 19 heavy (non-hydrogen) atoms. The summed E-state index contributed by atoms with van der Waals surface area (Å²) in [6.45, 7) is 0.800. The van der Waals surface area contributed by atoms with Gasteiger partial charge in [-0.2, -0.15) is 0 Å². The number of hydrogen-bond acceptors (Lipinski definition) is 3. The first-order valence-electron chi connectivity index (χ1n) is 6.91. The molecule has 0 aromatic rings. The van der Waals surface area contributed by atoms with Crippen LogP contribution < -0.4 is 5.32 Å². The normalized spacial score (nSPS) is 22.2. The maximum absolute atomic E-state index is 11.9.